The van der Waals surface area contributed by atoms with Gasteiger partial charge in [0.25, 0.3) is 0 Å². The molecule has 0 saturated heterocycles. The number of hydrogen-bond acceptors (Lipinski definition) is 2. The van der Waals surface area contributed by atoms with Crippen LogP contribution in [0.4, 0.5) is 0 Å². The van der Waals surface area contributed by atoms with Gasteiger partial charge in [-0.05, 0) is 19.4 Å². The molecule has 1 aromatic rings. The fourth-order valence-corrected chi connectivity index (χ4v) is 0.895. The summed E-state index contributed by atoms with van der Waals surface area (Å²) in [7, 11) is 0. The highest BCUT2D eigenvalue weighted by Gasteiger charge is 2.13. The Morgan fingerprint density at radius 2 is 2.50 bits per heavy atom. The van der Waals surface area contributed by atoms with Gasteiger partial charge in [0.1, 0.15) is 6.04 Å². The van der Waals surface area contributed by atoms with Crippen LogP contribution >= 0.6 is 0 Å². The average Bonchev–Trinajstić information content (AvgIpc) is 2.50. The summed E-state index contributed by atoms with van der Waals surface area (Å²) in [4.78, 5) is 10.5. The van der Waals surface area contributed by atoms with Gasteiger partial charge in [-0.2, -0.15) is 5.10 Å². The van der Waals surface area contributed by atoms with Gasteiger partial charge in [-0.3, -0.25) is 4.68 Å². The quantitative estimate of drug-likeness (QED) is 0.735. The number of carboxylic acids is 1. The number of carboxylic acid groups (broad SMARTS) is 1. The molecule has 1 aromatic heterocycles. The van der Waals surface area contributed by atoms with E-state index in [2.05, 4.69) is 5.10 Å². The molecule has 66 valence electrons. The normalized spacial score (nSPS) is 12.8. The van der Waals surface area contributed by atoms with Crippen LogP contribution in [0.3, 0.4) is 0 Å². The van der Waals surface area contributed by atoms with E-state index >= 15 is 0 Å². The minimum atomic E-state index is -0.860. The Balaban J connectivity index is 2.81. The standard InChI is InChI=1S/C8H12N2O2/c1-3-7-4-5-10(9-7)6(2)8(11)12/h4-6H,3H2,1-2H3,(H,11,12). The summed E-state index contributed by atoms with van der Waals surface area (Å²) < 4.78 is 1.46. The zero-order chi connectivity index (χ0) is 9.14. The van der Waals surface area contributed by atoms with Crippen LogP contribution in [-0.2, 0) is 11.2 Å². The van der Waals surface area contributed by atoms with Crippen LogP contribution in [0.15, 0.2) is 12.3 Å². The summed E-state index contributed by atoms with van der Waals surface area (Å²) in [5.74, 6) is -0.860. The van der Waals surface area contributed by atoms with Gasteiger partial charge in [-0.25, -0.2) is 4.79 Å². The molecule has 1 atom stereocenters. The van der Waals surface area contributed by atoms with Gasteiger partial charge in [-0.15, -0.1) is 0 Å². The van der Waals surface area contributed by atoms with Gasteiger partial charge in [0.2, 0.25) is 0 Å². The maximum atomic E-state index is 10.5. The number of rotatable bonds is 3. The molecule has 0 fully saturated rings. The Bertz CT molecular complexity index is 280. The predicted octanol–water partition coefficient (Wildman–Crippen LogP) is 1.09. The summed E-state index contributed by atoms with van der Waals surface area (Å²) in [6.07, 6.45) is 2.52. The topological polar surface area (TPSA) is 55.1 Å². The van der Waals surface area contributed by atoms with Crippen molar-refractivity contribution in [3.63, 3.8) is 0 Å². The number of aliphatic carboxylic acids is 1. The Morgan fingerprint density at radius 3 is 2.92 bits per heavy atom. The highest BCUT2D eigenvalue weighted by Crippen LogP contribution is 2.05. The minimum absolute atomic E-state index is 0.578. The second-order valence-electron chi connectivity index (χ2n) is 2.65. The van der Waals surface area contributed by atoms with Crippen LogP contribution in [0.1, 0.15) is 25.6 Å². The van der Waals surface area contributed by atoms with Crippen molar-refractivity contribution in [2.24, 2.45) is 0 Å². The van der Waals surface area contributed by atoms with E-state index in [0.29, 0.717) is 0 Å². The molecule has 0 bridgehead atoms. The summed E-state index contributed by atoms with van der Waals surface area (Å²) in [6.45, 7) is 3.59. The third-order valence-corrected chi connectivity index (χ3v) is 1.78. The smallest absolute Gasteiger partial charge is 0.328 e. The Labute approximate surface area is 70.8 Å². The zero-order valence-corrected chi connectivity index (χ0v) is 7.19. The fraction of sp³-hybridized carbons (Fsp3) is 0.500. The van der Waals surface area contributed by atoms with Crippen LogP contribution in [0.2, 0.25) is 0 Å². The maximum absolute atomic E-state index is 10.5. The van der Waals surface area contributed by atoms with Gasteiger partial charge in [0.05, 0.1) is 5.69 Å². The molecule has 1 heterocycles. The molecule has 0 aliphatic carbocycles. The van der Waals surface area contributed by atoms with E-state index in [9.17, 15) is 4.79 Å². The molecular weight excluding hydrogens is 156 g/mol. The summed E-state index contributed by atoms with van der Waals surface area (Å²) in [6, 6.07) is 1.25. The first-order chi connectivity index (χ1) is 5.65. The average molecular weight is 168 g/mol. The lowest BCUT2D eigenvalue weighted by Gasteiger charge is -2.04. The van der Waals surface area contributed by atoms with Crippen molar-refractivity contribution in [3.05, 3.63) is 18.0 Å². The van der Waals surface area contributed by atoms with Crippen molar-refractivity contribution in [2.75, 3.05) is 0 Å². The summed E-state index contributed by atoms with van der Waals surface area (Å²) in [5, 5.41) is 12.7. The van der Waals surface area contributed by atoms with Crippen molar-refractivity contribution in [2.45, 2.75) is 26.3 Å². The van der Waals surface area contributed by atoms with Crippen molar-refractivity contribution < 1.29 is 9.90 Å². The van der Waals surface area contributed by atoms with Crippen molar-refractivity contribution >= 4 is 5.97 Å². The molecule has 0 radical (unpaired) electrons. The largest absolute Gasteiger partial charge is 0.480 e. The third-order valence-electron chi connectivity index (χ3n) is 1.78. The molecular formula is C8H12N2O2. The van der Waals surface area contributed by atoms with Gasteiger partial charge >= 0.3 is 5.97 Å². The number of nitrogens with zero attached hydrogens (tertiary/aromatic N) is 2. The van der Waals surface area contributed by atoms with Crippen LogP contribution in [-0.4, -0.2) is 20.9 Å². The lowest BCUT2D eigenvalue weighted by Crippen LogP contribution is -2.16. The molecule has 4 heteroatoms. The van der Waals surface area contributed by atoms with Gasteiger partial charge in [-0.1, -0.05) is 6.92 Å². The summed E-state index contributed by atoms with van der Waals surface area (Å²) >= 11 is 0. The molecule has 0 aromatic carbocycles. The molecule has 0 aliphatic heterocycles. The molecule has 0 amide bonds. The SMILES string of the molecule is CCc1ccn(C(C)C(=O)O)n1. The lowest BCUT2D eigenvalue weighted by molar-refractivity contribution is -0.140. The molecule has 0 saturated carbocycles. The van der Waals surface area contributed by atoms with Crippen molar-refractivity contribution in [3.8, 4) is 0 Å². The van der Waals surface area contributed by atoms with Gasteiger partial charge < -0.3 is 5.11 Å². The van der Waals surface area contributed by atoms with Crippen LogP contribution in [0, 0.1) is 0 Å². The molecule has 1 N–H and O–H groups in total. The molecule has 4 nitrogen and oxygen atoms in total. The lowest BCUT2D eigenvalue weighted by atomic mass is 10.3. The van der Waals surface area contributed by atoms with E-state index in [1.165, 1.54) is 4.68 Å². The molecule has 0 aliphatic rings. The summed E-state index contributed by atoms with van der Waals surface area (Å²) in [5.41, 5.74) is 0.920. The predicted molar refractivity (Wildman–Crippen MR) is 44.0 cm³/mol. The van der Waals surface area contributed by atoms with Crippen molar-refractivity contribution in [1.82, 2.24) is 9.78 Å². The third kappa shape index (κ3) is 1.64. The second-order valence-corrected chi connectivity index (χ2v) is 2.65. The first-order valence-electron chi connectivity index (χ1n) is 3.92. The first-order valence-corrected chi connectivity index (χ1v) is 3.92. The van der Waals surface area contributed by atoms with Gasteiger partial charge in [0.15, 0.2) is 0 Å². The number of carbonyl (C=O) groups is 1. The van der Waals surface area contributed by atoms with E-state index < -0.39 is 12.0 Å². The number of aryl methyl sites for hydroxylation is 1. The molecule has 1 unspecified atom stereocenters. The van der Waals surface area contributed by atoms with Gasteiger partial charge in [0, 0.05) is 6.20 Å². The molecule has 1 rings (SSSR count). The fourth-order valence-electron chi connectivity index (χ4n) is 0.895. The number of aromatic nitrogens is 2. The molecule has 0 spiro atoms. The monoisotopic (exact) mass is 168 g/mol. The maximum Gasteiger partial charge on any atom is 0.328 e. The van der Waals surface area contributed by atoms with Crippen LogP contribution < -0.4 is 0 Å². The molecule has 12 heavy (non-hydrogen) atoms. The number of hydrogen-bond donors (Lipinski definition) is 1. The Kier molecular flexibility index (Phi) is 2.47. The highest BCUT2D eigenvalue weighted by atomic mass is 16.4. The van der Waals surface area contributed by atoms with Crippen LogP contribution in [0.25, 0.3) is 0 Å². The highest BCUT2D eigenvalue weighted by molar-refractivity contribution is 5.71. The van der Waals surface area contributed by atoms with E-state index in [1.54, 1.807) is 13.1 Å². The van der Waals surface area contributed by atoms with Crippen LogP contribution in [0.5, 0.6) is 0 Å². The first kappa shape index (κ1) is 8.77. The van der Waals surface area contributed by atoms with E-state index in [4.69, 9.17) is 5.11 Å². The van der Waals surface area contributed by atoms with E-state index in [-0.39, 0.29) is 0 Å². The van der Waals surface area contributed by atoms with Crippen molar-refractivity contribution in [1.29, 1.82) is 0 Å². The second kappa shape index (κ2) is 3.38. The minimum Gasteiger partial charge on any atom is -0.480 e. The van der Waals surface area contributed by atoms with E-state index in [1.807, 2.05) is 13.0 Å². The Hall–Kier alpha value is -1.32. The zero-order valence-electron chi connectivity index (χ0n) is 7.19. The van der Waals surface area contributed by atoms with E-state index in [0.717, 1.165) is 12.1 Å². The Morgan fingerprint density at radius 1 is 1.83 bits per heavy atom.